The van der Waals surface area contributed by atoms with Crippen LogP contribution < -0.4 is 0 Å². The summed E-state index contributed by atoms with van der Waals surface area (Å²) < 4.78 is 5.26. The van der Waals surface area contributed by atoms with Crippen LogP contribution in [0.5, 0.6) is 0 Å². The Morgan fingerprint density at radius 1 is 1.32 bits per heavy atom. The fraction of sp³-hybridized carbons (Fsp3) is 0.176. The van der Waals surface area contributed by atoms with E-state index in [4.69, 9.17) is 4.52 Å². The molecule has 0 saturated heterocycles. The molecule has 22 heavy (non-hydrogen) atoms. The zero-order chi connectivity index (χ0) is 15.4. The van der Waals surface area contributed by atoms with Gasteiger partial charge < -0.3 is 9.42 Å². The average Bonchev–Trinajstić information content (AvgIpc) is 3.17. The van der Waals surface area contributed by atoms with Crippen molar-refractivity contribution in [1.29, 1.82) is 0 Å². The second-order valence-electron chi connectivity index (χ2n) is 4.94. The van der Waals surface area contributed by atoms with Gasteiger partial charge in [-0.2, -0.15) is 0 Å². The first-order chi connectivity index (χ1) is 10.8. The maximum absolute atomic E-state index is 12.6. The third-order valence-corrected chi connectivity index (χ3v) is 4.26. The fourth-order valence-electron chi connectivity index (χ4n) is 2.32. The van der Waals surface area contributed by atoms with Gasteiger partial charge in [-0.05, 0) is 23.6 Å². The summed E-state index contributed by atoms with van der Waals surface area (Å²) in [6.07, 6.45) is 1.97. The molecular formula is C17H16N2O2S. The van der Waals surface area contributed by atoms with Crippen LogP contribution >= 0.6 is 11.3 Å². The third-order valence-electron chi connectivity index (χ3n) is 3.40. The van der Waals surface area contributed by atoms with Crippen molar-refractivity contribution < 1.29 is 9.32 Å². The second kappa shape index (κ2) is 6.58. The van der Waals surface area contributed by atoms with Crippen LogP contribution in [-0.2, 0) is 17.8 Å². The number of carbonyl (C=O) groups is 1. The van der Waals surface area contributed by atoms with Crippen molar-refractivity contribution in [3.8, 4) is 0 Å². The molecule has 4 nitrogen and oxygen atoms in total. The topological polar surface area (TPSA) is 46.3 Å². The molecule has 2 aromatic heterocycles. The molecule has 0 fully saturated rings. The van der Waals surface area contributed by atoms with Gasteiger partial charge in [-0.1, -0.05) is 29.4 Å². The minimum absolute atomic E-state index is 0.0207. The standard InChI is InChI=1S/C17H16N2O2S/c1-2-9-19(12-13-6-5-10-22-13)17(20)11-15-14-7-3-4-8-16(14)21-18-15/h2-8,10H,1,9,11-12H2. The molecule has 1 aromatic carbocycles. The van der Waals surface area contributed by atoms with Crippen LogP contribution in [0.25, 0.3) is 11.0 Å². The number of thiophene rings is 1. The summed E-state index contributed by atoms with van der Waals surface area (Å²) >= 11 is 1.64. The van der Waals surface area contributed by atoms with Crippen molar-refractivity contribution in [1.82, 2.24) is 10.1 Å². The van der Waals surface area contributed by atoms with Gasteiger partial charge in [0.2, 0.25) is 5.91 Å². The normalized spacial score (nSPS) is 10.7. The maximum atomic E-state index is 12.6. The van der Waals surface area contributed by atoms with Crippen molar-refractivity contribution in [2.75, 3.05) is 6.54 Å². The highest BCUT2D eigenvalue weighted by Gasteiger charge is 2.17. The number of nitrogens with zero attached hydrogens (tertiary/aromatic N) is 2. The van der Waals surface area contributed by atoms with E-state index in [1.807, 2.05) is 41.8 Å². The molecule has 0 N–H and O–H groups in total. The van der Waals surface area contributed by atoms with E-state index in [0.29, 0.717) is 24.4 Å². The average molecular weight is 312 g/mol. The quantitative estimate of drug-likeness (QED) is 0.653. The lowest BCUT2D eigenvalue weighted by Crippen LogP contribution is -2.31. The molecule has 5 heteroatoms. The van der Waals surface area contributed by atoms with Crippen LogP contribution in [0.2, 0.25) is 0 Å². The van der Waals surface area contributed by atoms with Crippen molar-refractivity contribution in [3.05, 3.63) is 65.0 Å². The summed E-state index contributed by atoms with van der Waals surface area (Å²) in [4.78, 5) is 15.5. The summed E-state index contributed by atoms with van der Waals surface area (Å²) in [6.45, 7) is 4.85. The first-order valence-electron chi connectivity index (χ1n) is 7.02. The van der Waals surface area contributed by atoms with Gasteiger partial charge in [0.15, 0.2) is 5.58 Å². The van der Waals surface area contributed by atoms with E-state index < -0.39 is 0 Å². The Morgan fingerprint density at radius 3 is 2.95 bits per heavy atom. The Hall–Kier alpha value is -2.40. The number of benzene rings is 1. The van der Waals surface area contributed by atoms with Crippen LogP contribution in [0.4, 0.5) is 0 Å². The number of carbonyl (C=O) groups excluding carboxylic acids is 1. The number of aromatic nitrogens is 1. The lowest BCUT2D eigenvalue weighted by Gasteiger charge is -2.20. The van der Waals surface area contributed by atoms with Gasteiger partial charge in [-0.25, -0.2) is 0 Å². The van der Waals surface area contributed by atoms with E-state index >= 15 is 0 Å². The predicted octanol–water partition coefficient (Wildman–Crippen LogP) is 3.65. The van der Waals surface area contributed by atoms with Crippen LogP contribution in [-0.4, -0.2) is 22.5 Å². The van der Waals surface area contributed by atoms with Crippen LogP contribution in [0.15, 0.2) is 59.0 Å². The monoisotopic (exact) mass is 312 g/mol. The van der Waals surface area contributed by atoms with E-state index in [-0.39, 0.29) is 12.3 Å². The number of amides is 1. The molecule has 0 atom stereocenters. The first-order valence-corrected chi connectivity index (χ1v) is 7.90. The minimum Gasteiger partial charge on any atom is -0.356 e. The second-order valence-corrected chi connectivity index (χ2v) is 5.98. The molecule has 112 valence electrons. The minimum atomic E-state index is 0.0207. The highest BCUT2D eigenvalue weighted by molar-refractivity contribution is 7.09. The van der Waals surface area contributed by atoms with Gasteiger partial charge in [0.05, 0.1) is 13.0 Å². The third kappa shape index (κ3) is 3.09. The van der Waals surface area contributed by atoms with Crippen LogP contribution in [0, 0.1) is 0 Å². The Balaban J connectivity index is 1.77. The van der Waals surface area contributed by atoms with Crippen LogP contribution in [0.1, 0.15) is 10.6 Å². The molecule has 0 bridgehead atoms. The molecule has 3 aromatic rings. The molecule has 0 spiro atoms. The smallest absolute Gasteiger partial charge is 0.229 e. The summed E-state index contributed by atoms with van der Waals surface area (Å²) in [5.74, 6) is 0.0207. The molecule has 0 aliphatic rings. The molecule has 3 rings (SSSR count). The number of fused-ring (bicyclic) bond motifs is 1. The maximum Gasteiger partial charge on any atom is 0.229 e. The van der Waals surface area contributed by atoms with Gasteiger partial charge in [0.1, 0.15) is 5.69 Å². The molecule has 0 aliphatic heterocycles. The molecule has 1 amide bonds. The van der Waals surface area contributed by atoms with Gasteiger partial charge in [-0.3, -0.25) is 4.79 Å². The largest absolute Gasteiger partial charge is 0.356 e. The van der Waals surface area contributed by atoms with Crippen LogP contribution in [0.3, 0.4) is 0 Å². The summed E-state index contributed by atoms with van der Waals surface area (Å²) in [5.41, 5.74) is 1.39. The zero-order valence-electron chi connectivity index (χ0n) is 12.1. The number of hydrogen-bond acceptors (Lipinski definition) is 4. The molecule has 2 heterocycles. The lowest BCUT2D eigenvalue weighted by molar-refractivity contribution is -0.130. The Bertz CT molecular complexity index is 777. The van der Waals surface area contributed by atoms with Crippen molar-refractivity contribution in [2.45, 2.75) is 13.0 Å². The van der Waals surface area contributed by atoms with Gasteiger partial charge >= 0.3 is 0 Å². The van der Waals surface area contributed by atoms with Crippen molar-refractivity contribution >= 4 is 28.2 Å². The van der Waals surface area contributed by atoms with Gasteiger partial charge in [0.25, 0.3) is 0 Å². The lowest BCUT2D eigenvalue weighted by atomic mass is 10.1. The van der Waals surface area contributed by atoms with E-state index in [9.17, 15) is 4.79 Å². The molecule has 0 unspecified atom stereocenters. The Morgan fingerprint density at radius 2 is 2.18 bits per heavy atom. The van der Waals surface area contributed by atoms with E-state index in [1.54, 1.807) is 22.3 Å². The van der Waals surface area contributed by atoms with Crippen molar-refractivity contribution in [3.63, 3.8) is 0 Å². The summed E-state index contributed by atoms with van der Waals surface area (Å²) in [7, 11) is 0. The zero-order valence-corrected chi connectivity index (χ0v) is 12.9. The molecular weight excluding hydrogens is 296 g/mol. The predicted molar refractivity (Wildman–Crippen MR) is 87.6 cm³/mol. The summed E-state index contributed by atoms with van der Waals surface area (Å²) in [6, 6.07) is 11.6. The number of para-hydroxylation sites is 1. The molecule has 0 saturated carbocycles. The highest BCUT2D eigenvalue weighted by atomic mass is 32.1. The number of rotatable bonds is 6. The highest BCUT2D eigenvalue weighted by Crippen LogP contribution is 2.19. The SMILES string of the molecule is C=CCN(Cc1cccs1)C(=O)Cc1noc2ccccc12. The fourth-order valence-corrected chi connectivity index (χ4v) is 3.04. The molecule has 0 radical (unpaired) electrons. The van der Waals surface area contributed by atoms with Crippen molar-refractivity contribution in [2.24, 2.45) is 0 Å². The van der Waals surface area contributed by atoms with E-state index in [0.717, 1.165) is 10.3 Å². The summed E-state index contributed by atoms with van der Waals surface area (Å²) in [5, 5.41) is 6.93. The van der Waals surface area contributed by atoms with E-state index in [2.05, 4.69) is 11.7 Å². The Labute approximate surface area is 132 Å². The first kappa shape index (κ1) is 14.5. The Kier molecular flexibility index (Phi) is 4.34. The number of hydrogen-bond donors (Lipinski definition) is 0. The van der Waals surface area contributed by atoms with E-state index in [1.165, 1.54) is 0 Å². The molecule has 0 aliphatic carbocycles. The van der Waals surface area contributed by atoms with Gasteiger partial charge in [0, 0.05) is 16.8 Å². The van der Waals surface area contributed by atoms with Gasteiger partial charge in [-0.15, -0.1) is 17.9 Å².